The van der Waals surface area contributed by atoms with Crippen molar-refractivity contribution in [3.63, 3.8) is 0 Å². The third-order valence-electron chi connectivity index (χ3n) is 2.96. The van der Waals surface area contributed by atoms with E-state index in [4.69, 9.17) is 14.2 Å². The molecule has 1 atom stereocenters. The first-order valence-electron chi connectivity index (χ1n) is 7.32. The third kappa shape index (κ3) is 6.14. The zero-order chi connectivity index (χ0) is 17.5. The number of benzene rings is 1. The van der Waals surface area contributed by atoms with E-state index in [-0.39, 0.29) is 19.4 Å². The van der Waals surface area contributed by atoms with E-state index in [2.05, 4.69) is 5.32 Å². The Morgan fingerprint density at radius 3 is 2.13 bits per heavy atom. The molecule has 0 saturated carbocycles. The number of carboxylic acid groups (broad SMARTS) is 1. The predicted octanol–water partition coefficient (Wildman–Crippen LogP) is 2.66. The normalized spacial score (nSPS) is 12.7. The molecular formula is C15H22NO6P. The number of carbonyl (C=O) groups is 2. The lowest BCUT2D eigenvalue weighted by Crippen LogP contribution is -2.38. The molecule has 0 radical (unpaired) electrons. The fourth-order valence-corrected chi connectivity index (χ4v) is 3.55. The van der Waals surface area contributed by atoms with Crippen molar-refractivity contribution in [1.29, 1.82) is 0 Å². The van der Waals surface area contributed by atoms with Gasteiger partial charge in [0, 0.05) is 5.56 Å². The first kappa shape index (κ1) is 19.4. The summed E-state index contributed by atoms with van der Waals surface area (Å²) >= 11 is 0. The van der Waals surface area contributed by atoms with Crippen LogP contribution in [0.1, 0.15) is 36.7 Å². The summed E-state index contributed by atoms with van der Waals surface area (Å²) < 4.78 is 22.9. The van der Waals surface area contributed by atoms with Crippen molar-refractivity contribution in [3.05, 3.63) is 35.4 Å². The van der Waals surface area contributed by atoms with Crippen molar-refractivity contribution in [3.8, 4) is 0 Å². The van der Waals surface area contributed by atoms with Crippen LogP contribution in [0, 0.1) is 0 Å². The molecule has 0 unspecified atom stereocenters. The molecule has 0 fully saturated rings. The number of hydrogen-bond acceptors (Lipinski definition) is 5. The van der Waals surface area contributed by atoms with Gasteiger partial charge in [-0.05, 0) is 38.5 Å². The molecule has 0 aromatic heterocycles. The quantitative estimate of drug-likeness (QED) is 0.668. The summed E-state index contributed by atoms with van der Waals surface area (Å²) in [6.07, 6.45) is 0.113. The Morgan fingerprint density at radius 1 is 1.17 bits per heavy atom. The molecule has 1 amide bonds. The van der Waals surface area contributed by atoms with Crippen LogP contribution in [0.4, 0.5) is 0 Å². The molecule has 23 heavy (non-hydrogen) atoms. The highest BCUT2D eigenvalue weighted by atomic mass is 31.2. The molecule has 0 bridgehead atoms. The second kappa shape index (κ2) is 8.82. The average molecular weight is 343 g/mol. The molecule has 7 nitrogen and oxygen atoms in total. The van der Waals surface area contributed by atoms with Gasteiger partial charge in [-0.1, -0.05) is 12.1 Å². The van der Waals surface area contributed by atoms with Crippen molar-refractivity contribution >= 4 is 19.5 Å². The van der Waals surface area contributed by atoms with Gasteiger partial charge in [-0.25, -0.2) is 0 Å². The molecule has 128 valence electrons. The van der Waals surface area contributed by atoms with Crippen molar-refractivity contribution in [2.75, 3.05) is 13.2 Å². The molecule has 2 N–H and O–H groups in total. The second-order valence-corrected chi connectivity index (χ2v) is 6.89. The van der Waals surface area contributed by atoms with Gasteiger partial charge in [0.2, 0.25) is 0 Å². The van der Waals surface area contributed by atoms with Gasteiger partial charge in [-0.15, -0.1) is 0 Å². The lowest BCUT2D eigenvalue weighted by atomic mass is 10.1. The maximum absolute atomic E-state index is 12.4. The maximum Gasteiger partial charge on any atom is 0.335 e. The van der Waals surface area contributed by atoms with E-state index in [1.807, 2.05) is 0 Å². The van der Waals surface area contributed by atoms with Crippen LogP contribution in [0.15, 0.2) is 24.3 Å². The Bertz CT molecular complexity index is 576. The van der Waals surface area contributed by atoms with Gasteiger partial charge >= 0.3 is 13.6 Å². The van der Waals surface area contributed by atoms with E-state index in [0.717, 1.165) is 0 Å². The standard InChI is InChI=1S/C15H22NO6P/c1-4-21-23(20,22-5-2)10-12-6-8-13(9-7-12)14(17)16-11(3)15(18)19/h6-9,11H,4-5,10H2,1-3H3,(H,16,17)(H,18,19)/t11-/m0/s1. The summed E-state index contributed by atoms with van der Waals surface area (Å²) in [6.45, 7) is 5.43. The van der Waals surface area contributed by atoms with E-state index >= 15 is 0 Å². The highest BCUT2D eigenvalue weighted by Gasteiger charge is 2.24. The first-order chi connectivity index (χ1) is 10.8. The van der Waals surface area contributed by atoms with E-state index < -0.39 is 25.5 Å². The van der Waals surface area contributed by atoms with Crippen LogP contribution in [0.25, 0.3) is 0 Å². The predicted molar refractivity (Wildman–Crippen MR) is 85.6 cm³/mol. The summed E-state index contributed by atoms with van der Waals surface area (Å²) in [5.74, 6) is -1.59. The second-order valence-electron chi connectivity index (χ2n) is 4.83. The van der Waals surface area contributed by atoms with Crippen molar-refractivity contribution in [1.82, 2.24) is 5.32 Å². The SMILES string of the molecule is CCOP(=O)(Cc1ccc(C(=O)N[C@@H](C)C(=O)O)cc1)OCC. The van der Waals surface area contributed by atoms with E-state index in [9.17, 15) is 14.2 Å². The molecule has 0 saturated heterocycles. The number of carbonyl (C=O) groups excluding carboxylic acids is 1. The summed E-state index contributed by atoms with van der Waals surface area (Å²) in [5.41, 5.74) is 1.03. The van der Waals surface area contributed by atoms with Gasteiger partial charge in [0.15, 0.2) is 0 Å². The van der Waals surface area contributed by atoms with Crippen LogP contribution in [0.2, 0.25) is 0 Å². The number of rotatable bonds is 9. The Balaban J connectivity index is 2.78. The average Bonchev–Trinajstić information content (AvgIpc) is 2.48. The van der Waals surface area contributed by atoms with Crippen LogP contribution in [0.5, 0.6) is 0 Å². The molecule has 8 heteroatoms. The summed E-state index contributed by atoms with van der Waals surface area (Å²) in [7, 11) is -3.19. The number of amides is 1. The van der Waals surface area contributed by atoms with E-state index in [1.54, 1.807) is 38.1 Å². The zero-order valence-electron chi connectivity index (χ0n) is 13.4. The number of carboxylic acids is 1. The minimum absolute atomic E-state index is 0.113. The Labute approximate surface area is 135 Å². The molecule has 0 spiro atoms. The topological polar surface area (TPSA) is 102 Å². The van der Waals surface area contributed by atoms with Crippen LogP contribution in [-0.4, -0.2) is 36.2 Å². The fraction of sp³-hybridized carbons (Fsp3) is 0.467. The largest absolute Gasteiger partial charge is 0.480 e. The van der Waals surface area contributed by atoms with Gasteiger partial charge in [0.1, 0.15) is 6.04 Å². The molecule has 1 aromatic rings. The van der Waals surface area contributed by atoms with Crippen LogP contribution < -0.4 is 5.32 Å². The molecular weight excluding hydrogens is 321 g/mol. The van der Waals surface area contributed by atoms with E-state index in [0.29, 0.717) is 11.1 Å². The first-order valence-corrected chi connectivity index (χ1v) is 9.04. The minimum atomic E-state index is -3.19. The molecule has 0 heterocycles. The van der Waals surface area contributed by atoms with Gasteiger partial charge < -0.3 is 19.5 Å². The molecule has 0 aliphatic carbocycles. The Kier molecular flexibility index (Phi) is 7.42. The highest BCUT2D eigenvalue weighted by Crippen LogP contribution is 2.51. The van der Waals surface area contributed by atoms with Crippen LogP contribution in [0.3, 0.4) is 0 Å². The number of hydrogen-bond donors (Lipinski definition) is 2. The zero-order valence-corrected chi connectivity index (χ0v) is 14.3. The Morgan fingerprint density at radius 2 is 1.70 bits per heavy atom. The van der Waals surface area contributed by atoms with Crippen molar-refractivity contribution < 1.29 is 28.3 Å². The van der Waals surface area contributed by atoms with Gasteiger partial charge in [0.25, 0.3) is 5.91 Å². The monoisotopic (exact) mass is 343 g/mol. The Hall–Kier alpha value is -1.69. The lowest BCUT2D eigenvalue weighted by molar-refractivity contribution is -0.138. The summed E-state index contributed by atoms with van der Waals surface area (Å²) in [6, 6.07) is 5.40. The van der Waals surface area contributed by atoms with E-state index in [1.165, 1.54) is 6.92 Å². The fourth-order valence-electron chi connectivity index (χ4n) is 1.85. The van der Waals surface area contributed by atoms with Crippen molar-refractivity contribution in [2.45, 2.75) is 33.0 Å². The van der Waals surface area contributed by atoms with Crippen molar-refractivity contribution in [2.24, 2.45) is 0 Å². The van der Waals surface area contributed by atoms with Gasteiger partial charge in [-0.3, -0.25) is 14.2 Å². The smallest absolute Gasteiger partial charge is 0.335 e. The van der Waals surface area contributed by atoms with Gasteiger partial charge in [0.05, 0.1) is 19.4 Å². The highest BCUT2D eigenvalue weighted by molar-refractivity contribution is 7.53. The molecule has 1 aromatic carbocycles. The number of nitrogens with one attached hydrogen (secondary N) is 1. The van der Waals surface area contributed by atoms with Gasteiger partial charge in [-0.2, -0.15) is 0 Å². The maximum atomic E-state index is 12.4. The summed E-state index contributed by atoms with van der Waals surface area (Å²) in [5, 5.41) is 11.1. The van der Waals surface area contributed by atoms with Crippen LogP contribution in [-0.2, 0) is 24.6 Å². The molecule has 0 aliphatic heterocycles. The summed E-state index contributed by atoms with van der Waals surface area (Å²) in [4.78, 5) is 22.6. The minimum Gasteiger partial charge on any atom is -0.480 e. The third-order valence-corrected chi connectivity index (χ3v) is 5.02. The molecule has 1 rings (SSSR count). The number of aliphatic carboxylic acids is 1. The molecule has 0 aliphatic rings. The lowest BCUT2D eigenvalue weighted by Gasteiger charge is -2.17. The van der Waals surface area contributed by atoms with Crippen LogP contribution >= 0.6 is 7.60 Å².